The van der Waals surface area contributed by atoms with Gasteiger partial charge in [0.2, 0.25) is 11.8 Å². The summed E-state index contributed by atoms with van der Waals surface area (Å²) in [6, 6.07) is 14.0. The first-order valence-corrected chi connectivity index (χ1v) is 15.3. The highest BCUT2D eigenvalue weighted by Crippen LogP contribution is 2.17. The summed E-state index contributed by atoms with van der Waals surface area (Å²) >= 11 is 0. The molecule has 4 amide bonds. The summed E-state index contributed by atoms with van der Waals surface area (Å²) in [6.45, 7) is 3.31. The summed E-state index contributed by atoms with van der Waals surface area (Å²) in [4.78, 5) is 65.8. The number of aromatic nitrogens is 2. The fourth-order valence-electron chi connectivity index (χ4n) is 5.14. The maximum absolute atomic E-state index is 12.8. The molecule has 2 aliphatic heterocycles. The summed E-state index contributed by atoms with van der Waals surface area (Å²) in [5.41, 5.74) is 6.55. The molecule has 14 nitrogen and oxygen atoms in total. The highest BCUT2D eigenvalue weighted by Gasteiger charge is 2.45. The van der Waals surface area contributed by atoms with Crippen molar-refractivity contribution in [1.82, 2.24) is 30.1 Å². The Morgan fingerprint density at radius 1 is 1.08 bits per heavy atom. The maximum atomic E-state index is 12.8. The first-order valence-electron chi connectivity index (χ1n) is 15.3. The van der Waals surface area contributed by atoms with Crippen molar-refractivity contribution in [2.45, 2.75) is 57.7 Å². The van der Waals surface area contributed by atoms with Gasteiger partial charge < -0.3 is 19.3 Å². The smallest absolute Gasteiger partial charge is 0.328 e. The van der Waals surface area contributed by atoms with E-state index in [0.717, 1.165) is 27.4 Å². The predicted molar refractivity (Wildman–Crippen MR) is 179 cm³/mol. The van der Waals surface area contributed by atoms with E-state index in [4.69, 9.17) is 4.74 Å². The summed E-state index contributed by atoms with van der Waals surface area (Å²) in [7, 11) is 1.44. The van der Waals surface area contributed by atoms with Crippen LogP contribution in [0.15, 0.2) is 78.4 Å². The number of aliphatic carboxylic acids is 1. The number of carboxylic acids is 1. The van der Waals surface area contributed by atoms with E-state index >= 15 is 0 Å². The molecule has 3 aromatic rings. The van der Waals surface area contributed by atoms with Crippen molar-refractivity contribution < 1.29 is 33.8 Å². The second kappa shape index (κ2) is 17.7. The lowest BCUT2D eigenvalue weighted by atomic mass is 10.0. The quantitative estimate of drug-likeness (QED) is 0.257. The predicted octanol–water partition coefficient (Wildman–Crippen LogP) is 2.78. The van der Waals surface area contributed by atoms with Gasteiger partial charge in [0.25, 0.3) is 0 Å². The summed E-state index contributed by atoms with van der Waals surface area (Å²) < 4.78 is 7.04. The first-order chi connectivity index (χ1) is 22.6. The molecule has 3 atom stereocenters. The number of nitrogens with one attached hydrogen (secondary N) is 2. The normalized spacial score (nSPS) is 16.8. The van der Waals surface area contributed by atoms with Crippen LogP contribution < -0.4 is 10.7 Å². The molecule has 256 valence electrons. The number of ether oxygens (including phenoxy) is 1. The van der Waals surface area contributed by atoms with Crippen molar-refractivity contribution in [3.63, 3.8) is 0 Å². The second-order valence-electron chi connectivity index (χ2n) is 11.1. The number of amides is 4. The van der Waals surface area contributed by atoms with Gasteiger partial charge in [-0.05, 0) is 49.9 Å². The van der Waals surface area contributed by atoms with Crippen LogP contribution in [0.5, 0.6) is 0 Å². The molecule has 3 heterocycles. The van der Waals surface area contributed by atoms with Crippen LogP contribution in [0.2, 0.25) is 0 Å². The second-order valence-corrected chi connectivity index (χ2v) is 11.1. The SMILES string of the molecule is CCOC(=O)[C@H](CCc1ccccc1)N[C@@H](C)C(=O)N1C(=O)N(C)C[C@H]1C(=O)O.Cl.O=C1CCC(c2ccc(-n3ccnc3)cc2)=NN1. The highest BCUT2D eigenvalue weighted by molar-refractivity contribution is 6.04. The molecule has 0 saturated carbocycles. The molecule has 1 saturated heterocycles. The van der Waals surface area contributed by atoms with Crippen LogP contribution in [0.1, 0.15) is 44.2 Å². The van der Waals surface area contributed by atoms with Crippen molar-refractivity contribution in [3.8, 4) is 5.69 Å². The molecule has 48 heavy (non-hydrogen) atoms. The number of imide groups is 1. The zero-order chi connectivity index (χ0) is 33.9. The summed E-state index contributed by atoms with van der Waals surface area (Å²) in [6.07, 6.45) is 7.56. The molecular weight excluding hydrogens is 642 g/mol. The number of hydrogen-bond donors (Lipinski definition) is 3. The Morgan fingerprint density at radius 3 is 2.38 bits per heavy atom. The van der Waals surface area contributed by atoms with Crippen LogP contribution in [-0.4, -0.2) is 98.3 Å². The van der Waals surface area contributed by atoms with Crippen LogP contribution in [-0.2, 0) is 30.3 Å². The number of urea groups is 1. The third-order valence-electron chi connectivity index (χ3n) is 7.68. The molecule has 3 N–H and O–H groups in total. The van der Waals surface area contributed by atoms with Crippen molar-refractivity contribution in [1.29, 1.82) is 0 Å². The maximum Gasteiger partial charge on any atom is 0.328 e. The molecule has 0 spiro atoms. The lowest BCUT2D eigenvalue weighted by Gasteiger charge is -2.26. The molecule has 0 radical (unpaired) electrons. The summed E-state index contributed by atoms with van der Waals surface area (Å²) in [5.74, 6) is -2.47. The van der Waals surface area contributed by atoms with Crippen molar-refractivity contribution in [3.05, 3.63) is 84.4 Å². The van der Waals surface area contributed by atoms with Crippen molar-refractivity contribution in [2.75, 3.05) is 20.2 Å². The van der Waals surface area contributed by atoms with Crippen LogP contribution in [0, 0.1) is 0 Å². The largest absolute Gasteiger partial charge is 0.480 e. The number of halogens is 1. The number of imidazole rings is 1. The zero-order valence-corrected chi connectivity index (χ0v) is 27.8. The van der Waals surface area contributed by atoms with Gasteiger partial charge >= 0.3 is 18.0 Å². The van der Waals surface area contributed by atoms with Gasteiger partial charge in [-0.15, -0.1) is 12.4 Å². The van der Waals surface area contributed by atoms with Gasteiger partial charge in [0.1, 0.15) is 6.04 Å². The molecule has 2 aliphatic rings. The monoisotopic (exact) mass is 681 g/mol. The fraction of sp³-hybridized carbons (Fsp3) is 0.364. The van der Waals surface area contributed by atoms with Gasteiger partial charge in [0, 0.05) is 38.0 Å². The lowest BCUT2D eigenvalue weighted by Crippen LogP contribution is -2.54. The number of hydrogen-bond acceptors (Lipinski definition) is 9. The zero-order valence-electron chi connectivity index (χ0n) is 26.9. The van der Waals surface area contributed by atoms with E-state index < -0.39 is 42.0 Å². The van der Waals surface area contributed by atoms with E-state index in [0.29, 0.717) is 25.7 Å². The molecule has 0 unspecified atom stereocenters. The molecule has 0 bridgehead atoms. The number of hydrazone groups is 1. The number of carboxylic acid groups (broad SMARTS) is 1. The van der Waals surface area contributed by atoms with E-state index in [-0.39, 0.29) is 31.5 Å². The third-order valence-corrected chi connectivity index (χ3v) is 7.68. The van der Waals surface area contributed by atoms with E-state index in [1.807, 2.05) is 65.4 Å². The molecule has 1 fully saturated rings. The topological polar surface area (TPSA) is 176 Å². The number of esters is 1. The molecule has 2 aromatic carbocycles. The van der Waals surface area contributed by atoms with E-state index in [1.165, 1.54) is 18.9 Å². The Bertz CT molecular complexity index is 1580. The van der Waals surface area contributed by atoms with Gasteiger partial charge in [-0.2, -0.15) is 5.10 Å². The number of carbonyl (C=O) groups is 5. The Hall–Kier alpha value is -5.08. The average Bonchev–Trinajstić information content (AvgIpc) is 3.72. The van der Waals surface area contributed by atoms with Gasteiger partial charge in [-0.3, -0.25) is 19.7 Å². The van der Waals surface area contributed by atoms with Crippen LogP contribution in [0.4, 0.5) is 4.79 Å². The Labute approximate surface area is 284 Å². The number of rotatable bonds is 11. The van der Waals surface area contributed by atoms with Gasteiger partial charge in [-0.25, -0.2) is 24.9 Å². The third kappa shape index (κ3) is 9.72. The molecule has 0 aliphatic carbocycles. The van der Waals surface area contributed by atoms with Crippen LogP contribution >= 0.6 is 12.4 Å². The number of benzene rings is 2. The summed E-state index contributed by atoms with van der Waals surface area (Å²) in [5, 5.41) is 16.3. The van der Waals surface area contributed by atoms with E-state index in [1.54, 1.807) is 19.4 Å². The van der Waals surface area contributed by atoms with Crippen LogP contribution in [0.25, 0.3) is 5.69 Å². The Morgan fingerprint density at radius 2 is 1.79 bits per heavy atom. The fourth-order valence-corrected chi connectivity index (χ4v) is 5.14. The van der Waals surface area contributed by atoms with Gasteiger partial charge in [-0.1, -0.05) is 42.5 Å². The van der Waals surface area contributed by atoms with E-state index in [2.05, 4.69) is 20.8 Å². The van der Waals surface area contributed by atoms with Crippen LogP contribution in [0.3, 0.4) is 0 Å². The highest BCUT2D eigenvalue weighted by atomic mass is 35.5. The number of nitrogens with zero attached hydrogens (tertiary/aromatic N) is 5. The van der Waals surface area contributed by atoms with Gasteiger partial charge in [0.15, 0.2) is 6.04 Å². The van der Waals surface area contributed by atoms with E-state index in [9.17, 15) is 29.1 Å². The molecule has 5 rings (SSSR count). The minimum atomic E-state index is -1.26. The number of likely N-dealkylation sites (N-methyl/N-ethyl adjacent to an activating group) is 1. The number of aryl methyl sites for hydroxylation is 1. The molecule has 15 heteroatoms. The average molecular weight is 682 g/mol. The standard InChI is InChI=1S/C20H27N3O6.C13H12N4O.ClH/c1-4-29-19(27)15(11-10-14-8-6-5-7-9-14)21-13(2)17(24)23-16(18(25)26)12-22(3)20(23)28;18-13-6-5-12(15-16-13)10-1-3-11(4-2-10)17-8-7-14-9-17;/h5-9,13,15-16,21H,4,10-12H2,1-3H3,(H,25,26);1-4,7-9H,5-6H2,(H,16,18);1H/t13-,15-,16-;;/m0../s1. The first kappa shape index (κ1) is 37.4. The van der Waals surface area contributed by atoms with Crippen molar-refractivity contribution >= 4 is 47.9 Å². The number of carbonyl (C=O) groups excluding carboxylic acids is 4. The van der Waals surface area contributed by atoms with Crippen molar-refractivity contribution in [2.24, 2.45) is 5.10 Å². The minimum Gasteiger partial charge on any atom is -0.480 e. The molecular formula is C33H40ClN7O7. The minimum absolute atomic E-state index is 0. The Balaban J connectivity index is 0.000000281. The Kier molecular flexibility index (Phi) is 13.8. The lowest BCUT2D eigenvalue weighted by molar-refractivity contribution is -0.148. The molecule has 1 aromatic heterocycles. The van der Waals surface area contributed by atoms with Gasteiger partial charge in [0.05, 0.1) is 31.2 Å².